The van der Waals surface area contributed by atoms with E-state index in [2.05, 4.69) is 0 Å². The highest BCUT2D eigenvalue weighted by molar-refractivity contribution is 7.89. The summed E-state index contributed by atoms with van der Waals surface area (Å²) in [5.74, 6) is 0.134. The minimum Gasteiger partial charge on any atom is -0.373 e. The topological polar surface area (TPSA) is 87.2 Å². The van der Waals surface area contributed by atoms with Gasteiger partial charge in [-0.2, -0.15) is 21.3 Å². The molecule has 2 saturated heterocycles. The molecule has 0 N–H and O–H groups in total. The molecule has 0 spiro atoms. The van der Waals surface area contributed by atoms with Gasteiger partial charge in [-0.3, -0.25) is 0 Å². The highest BCUT2D eigenvalue weighted by Gasteiger charge is 2.38. The zero-order chi connectivity index (χ0) is 18.0. The number of hydrogen-bond acceptors (Lipinski definition) is 5. The van der Waals surface area contributed by atoms with E-state index < -0.39 is 20.2 Å². The van der Waals surface area contributed by atoms with Crippen molar-refractivity contribution in [1.82, 2.24) is 12.9 Å². The highest BCUT2D eigenvalue weighted by atomic mass is 32.2. The van der Waals surface area contributed by atoms with Crippen molar-refractivity contribution in [3.8, 4) is 0 Å². The summed E-state index contributed by atoms with van der Waals surface area (Å²) in [6.45, 7) is 7.18. The summed E-state index contributed by atoms with van der Waals surface area (Å²) < 4.78 is 59.9. The van der Waals surface area contributed by atoms with Gasteiger partial charge >= 0.3 is 0 Å². The van der Waals surface area contributed by atoms with Crippen molar-refractivity contribution in [3.05, 3.63) is 0 Å². The smallest absolute Gasteiger partial charge is 0.282 e. The van der Waals surface area contributed by atoms with Crippen LogP contribution in [0.4, 0.5) is 0 Å². The molecule has 8 nitrogen and oxygen atoms in total. The van der Waals surface area contributed by atoms with E-state index in [1.165, 1.54) is 12.9 Å². The van der Waals surface area contributed by atoms with Crippen molar-refractivity contribution in [3.63, 3.8) is 0 Å². The quantitative estimate of drug-likeness (QED) is 0.649. The number of hydrogen-bond donors (Lipinski definition) is 0. The Morgan fingerprint density at radius 3 is 1.88 bits per heavy atom. The molecule has 0 aromatic rings. The maximum absolute atomic E-state index is 12.8. The van der Waals surface area contributed by atoms with E-state index in [0.717, 1.165) is 6.42 Å². The van der Waals surface area contributed by atoms with Gasteiger partial charge < -0.3 is 4.74 Å². The number of nitrogens with zero attached hydrogens (tertiary/aromatic N) is 3. The monoisotopic (exact) mass is 383 g/mol. The fourth-order valence-corrected chi connectivity index (χ4v) is 6.50. The second-order valence-electron chi connectivity index (χ2n) is 6.55. The third-order valence-electron chi connectivity index (χ3n) is 4.39. The largest absolute Gasteiger partial charge is 0.373 e. The second kappa shape index (κ2) is 7.96. The van der Waals surface area contributed by atoms with Crippen LogP contribution in [0.1, 0.15) is 33.6 Å². The van der Waals surface area contributed by atoms with Gasteiger partial charge in [0.1, 0.15) is 0 Å². The van der Waals surface area contributed by atoms with E-state index in [9.17, 15) is 16.8 Å². The first-order valence-corrected chi connectivity index (χ1v) is 11.6. The van der Waals surface area contributed by atoms with Crippen LogP contribution in [0.25, 0.3) is 0 Å². The van der Waals surface area contributed by atoms with E-state index in [1.54, 1.807) is 0 Å². The van der Waals surface area contributed by atoms with Crippen LogP contribution in [0.15, 0.2) is 0 Å². The Labute approximate surface area is 146 Å². The normalized spacial score (nSPS) is 29.0. The minimum atomic E-state index is -3.57. The van der Waals surface area contributed by atoms with Crippen LogP contribution in [0.5, 0.6) is 0 Å². The molecule has 0 aliphatic carbocycles. The van der Waals surface area contributed by atoms with Crippen LogP contribution in [-0.4, -0.2) is 87.0 Å². The van der Waals surface area contributed by atoms with E-state index in [4.69, 9.17) is 4.74 Å². The summed E-state index contributed by atoms with van der Waals surface area (Å²) in [5, 5.41) is 0. The Balaban J connectivity index is 1.98. The Morgan fingerprint density at radius 2 is 1.38 bits per heavy atom. The van der Waals surface area contributed by atoms with Gasteiger partial charge in [-0.05, 0) is 20.3 Å². The molecule has 10 heteroatoms. The first-order chi connectivity index (χ1) is 11.2. The number of unbranched alkanes of at least 4 members (excludes halogenated alkanes) is 1. The maximum atomic E-state index is 12.8. The molecular formula is C14H29N3O5S2. The Kier molecular flexibility index (Phi) is 6.65. The van der Waals surface area contributed by atoms with Crippen LogP contribution in [-0.2, 0) is 25.0 Å². The Hall–Kier alpha value is -0.260. The molecule has 2 aliphatic heterocycles. The van der Waals surface area contributed by atoms with E-state index in [1.807, 2.05) is 20.8 Å². The van der Waals surface area contributed by atoms with Crippen molar-refractivity contribution in [1.29, 1.82) is 0 Å². The predicted octanol–water partition coefficient (Wildman–Crippen LogP) is 0.0879. The second-order valence-corrected chi connectivity index (χ2v) is 10.6. The van der Waals surface area contributed by atoms with Gasteiger partial charge in [0.25, 0.3) is 10.2 Å². The molecule has 2 atom stereocenters. The van der Waals surface area contributed by atoms with Crippen LogP contribution < -0.4 is 0 Å². The fourth-order valence-electron chi connectivity index (χ4n) is 3.12. The average Bonchev–Trinajstić information content (AvgIpc) is 2.52. The zero-order valence-electron chi connectivity index (χ0n) is 14.7. The molecule has 142 valence electrons. The molecule has 2 unspecified atom stereocenters. The Morgan fingerprint density at radius 1 is 0.875 bits per heavy atom. The van der Waals surface area contributed by atoms with E-state index >= 15 is 0 Å². The predicted molar refractivity (Wildman–Crippen MR) is 92.3 cm³/mol. The molecule has 0 saturated carbocycles. The average molecular weight is 384 g/mol. The zero-order valence-corrected chi connectivity index (χ0v) is 16.4. The lowest BCUT2D eigenvalue weighted by Gasteiger charge is -2.40. The fraction of sp³-hybridized carbons (Fsp3) is 1.00. The summed E-state index contributed by atoms with van der Waals surface area (Å²) in [4.78, 5) is 0. The number of ether oxygens (including phenoxy) is 1. The molecule has 2 rings (SSSR count). The molecular weight excluding hydrogens is 354 g/mol. The highest BCUT2D eigenvalue weighted by Crippen LogP contribution is 2.20. The van der Waals surface area contributed by atoms with Crippen molar-refractivity contribution < 1.29 is 21.6 Å². The third kappa shape index (κ3) is 4.67. The van der Waals surface area contributed by atoms with Crippen molar-refractivity contribution in [2.24, 2.45) is 0 Å². The molecule has 0 radical (unpaired) electrons. The van der Waals surface area contributed by atoms with E-state index in [0.29, 0.717) is 19.5 Å². The number of morpholine rings is 1. The first kappa shape index (κ1) is 20.1. The lowest BCUT2D eigenvalue weighted by molar-refractivity contribution is -0.0456. The molecule has 0 aromatic heterocycles. The van der Waals surface area contributed by atoms with Crippen molar-refractivity contribution >= 4 is 20.2 Å². The first-order valence-electron chi connectivity index (χ1n) is 8.55. The van der Waals surface area contributed by atoms with Crippen LogP contribution in [0.2, 0.25) is 0 Å². The van der Waals surface area contributed by atoms with E-state index in [-0.39, 0.29) is 44.1 Å². The van der Waals surface area contributed by atoms with Gasteiger partial charge in [0.2, 0.25) is 10.0 Å². The molecule has 2 aliphatic rings. The van der Waals surface area contributed by atoms with Gasteiger partial charge in [0.15, 0.2) is 0 Å². The number of sulfonamides is 1. The third-order valence-corrected chi connectivity index (χ3v) is 8.31. The van der Waals surface area contributed by atoms with Crippen molar-refractivity contribution in [2.75, 3.05) is 45.0 Å². The standard InChI is InChI=1S/C14H29N3O5S2/c1-4-5-10-23(18,19)15-6-8-16(9-7-15)24(20,21)17-11-13(2)22-14(3)12-17/h13-14H,4-12H2,1-3H3. The molecule has 0 aromatic carbocycles. The molecule has 0 bridgehead atoms. The summed E-state index contributed by atoms with van der Waals surface area (Å²) in [7, 11) is -6.85. The maximum Gasteiger partial charge on any atom is 0.282 e. The van der Waals surface area contributed by atoms with Gasteiger partial charge in [0, 0.05) is 39.3 Å². The summed E-state index contributed by atoms with van der Waals surface area (Å²) >= 11 is 0. The molecule has 0 amide bonds. The van der Waals surface area contributed by atoms with Gasteiger partial charge in [-0.1, -0.05) is 13.3 Å². The van der Waals surface area contributed by atoms with Gasteiger partial charge in [-0.25, -0.2) is 8.42 Å². The Bertz CT molecular complexity index is 604. The van der Waals surface area contributed by atoms with Crippen LogP contribution >= 0.6 is 0 Å². The van der Waals surface area contributed by atoms with Crippen molar-refractivity contribution in [2.45, 2.75) is 45.8 Å². The van der Waals surface area contributed by atoms with Gasteiger partial charge in [-0.15, -0.1) is 0 Å². The summed E-state index contributed by atoms with van der Waals surface area (Å²) in [6.07, 6.45) is 1.17. The molecule has 2 heterocycles. The number of rotatable bonds is 6. The lowest BCUT2D eigenvalue weighted by Crippen LogP contribution is -2.57. The number of piperazine rings is 1. The molecule has 24 heavy (non-hydrogen) atoms. The summed E-state index contributed by atoms with van der Waals surface area (Å²) in [6, 6.07) is 0. The lowest BCUT2D eigenvalue weighted by atomic mass is 10.3. The SMILES string of the molecule is CCCCS(=O)(=O)N1CCN(S(=O)(=O)N2CC(C)OC(C)C2)CC1. The van der Waals surface area contributed by atoms with Gasteiger partial charge in [0.05, 0.1) is 18.0 Å². The van der Waals surface area contributed by atoms with Crippen LogP contribution in [0, 0.1) is 0 Å². The molecule has 2 fully saturated rings. The minimum absolute atomic E-state index is 0.134. The van der Waals surface area contributed by atoms with Crippen LogP contribution in [0.3, 0.4) is 0 Å². The summed E-state index contributed by atoms with van der Waals surface area (Å²) in [5.41, 5.74) is 0.